The third-order valence-corrected chi connectivity index (χ3v) is 8.26. The number of amides is 2. The minimum absolute atomic E-state index is 0.0644. The normalized spacial score (nSPS) is 18.6. The minimum Gasteiger partial charge on any atom is -0.365 e. The predicted molar refractivity (Wildman–Crippen MR) is 153 cm³/mol. The number of carbonyl (C=O) groups is 2. The summed E-state index contributed by atoms with van der Waals surface area (Å²) in [6.45, 7) is 2.68. The molecule has 1 aliphatic heterocycles. The highest BCUT2D eigenvalue weighted by atomic mass is 35.5. The van der Waals surface area contributed by atoms with E-state index in [1.54, 1.807) is 23.1 Å². The first-order chi connectivity index (χ1) is 19.9. The van der Waals surface area contributed by atoms with Crippen LogP contribution in [0.5, 0.6) is 0 Å². The Bertz CT molecular complexity index is 1270. The third kappa shape index (κ3) is 8.56. The second-order valence-electron chi connectivity index (χ2n) is 11.2. The van der Waals surface area contributed by atoms with Crippen LogP contribution in [0.15, 0.2) is 30.3 Å². The van der Waals surface area contributed by atoms with Crippen LogP contribution in [-0.2, 0) is 11.3 Å². The molecule has 0 unspecified atom stereocenters. The fourth-order valence-corrected chi connectivity index (χ4v) is 5.90. The number of hydrogen-bond acceptors (Lipinski definition) is 4. The maximum atomic E-state index is 15.0. The summed E-state index contributed by atoms with van der Waals surface area (Å²) in [7, 11) is 0. The molecule has 4 rings (SSSR count). The molecule has 2 aromatic rings. The van der Waals surface area contributed by atoms with Gasteiger partial charge < -0.3 is 15.5 Å². The Morgan fingerprint density at radius 3 is 2.45 bits per heavy atom. The minimum atomic E-state index is -4.24. The van der Waals surface area contributed by atoms with E-state index in [1.807, 2.05) is 11.8 Å². The molecule has 2 aliphatic rings. The zero-order valence-corrected chi connectivity index (χ0v) is 24.3. The van der Waals surface area contributed by atoms with Crippen molar-refractivity contribution < 1.29 is 31.5 Å². The molecule has 42 heavy (non-hydrogen) atoms. The van der Waals surface area contributed by atoms with Crippen molar-refractivity contribution in [2.75, 3.05) is 36.4 Å². The van der Waals surface area contributed by atoms with E-state index in [2.05, 4.69) is 10.6 Å². The molecule has 0 aromatic heterocycles. The molecule has 6 nitrogen and oxygen atoms in total. The van der Waals surface area contributed by atoms with E-state index in [9.17, 15) is 27.2 Å². The largest absolute Gasteiger partial charge is 0.390 e. The van der Waals surface area contributed by atoms with Gasteiger partial charge in [-0.1, -0.05) is 36.9 Å². The second-order valence-corrected chi connectivity index (χ2v) is 11.6. The molecule has 2 N–H and O–H groups in total. The van der Waals surface area contributed by atoms with Gasteiger partial charge in [0.05, 0.1) is 23.4 Å². The first-order valence-electron chi connectivity index (χ1n) is 14.3. The third-order valence-electron chi connectivity index (χ3n) is 8.02. The number of hydrogen-bond donors (Lipinski definition) is 2. The molecule has 0 radical (unpaired) electrons. The summed E-state index contributed by atoms with van der Waals surface area (Å²) < 4.78 is 68.0. The Kier molecular flexibility index (Phi) is 10.7. The van der Waals surface area contributed by atoms with Gasteiger partial charge in [0.2, 0.25) is 5.91 Å². The molecule has 12 heteroatoms. The van der Waals surface area contributed by atoms with Crippen LogP contribution in [0.1, 0.15) is 67.8 Å². The molecule has 0 spiro atoms. The van der Waals surface area contributed by atoms with Gasteiger partial charge in [-0.25, -0.2) is 8.78 Å². The zero-order valence-electron chi connectivity index (χ0n) is 23.5. The molecule has 1 saturated heterocycles. The lowest BCUT2D eigenvalue weighted by Crippen LogP contribution is -2.52. The number of nitrogens with zero attached hydrogens (tertiary/aromatic N) is 2. The summed E-state index contributed by atoms with van der Waals surface area (Å²) in [6, 6.07) is 6.95. The molecule has 1 aliphatic carbocycles. The molecule has 230 valence electrons. The van der Waals surface area contributed by atoms with Crippen LogP contribution < -0.4 is 15.5 Å². The molecule has 1 saturated carbocycles. The summed E-state index contributed by atoms with van der Waals surface area (Å²) in [5, 5.41) is 5.66. The van der Waals surface area contributed by atoms with Gasteiger partial charge in [-0.2, -0.15) is 13.2 Å². The van der Waals surface area contributed by atoms with E-state index in [1.165, 1.54) is 18.6 Å². The maximum Gasteiger partial charge on any atom is 0.390 e. The fraction of sp³-hybridized carbons (Fsp3) is 0.533. The molecule has 2 fully saturated rings. The van der Waals surface area contributed by atoms with Gasteiger partial charge in [0.15, 0.2) is 11.6 Å². The van der Waals surface area contributed by atoms with Crippen LogP contribution >= 0.6 is 11.6 Å². The molecular weight excluding hydrogens is 579 g/mol. The van der Waals surface area contributed by atoms with Gasteiger partial charge in [-0.15, -0.1) is 0 Å². The zero-order chi connectivity index (χ0) is 30.4. The van der Waals surface area contributed by atoms with Crippen LogP contribution in [0, 0.1) is 17.6 Å². The number of alkyl halides is 3. The van der Waals surface area contributed by atoms with E-state index < -0.39 is 35.7 Å². The number of rotatable bonds is 9. The number of carbonyl (C=O) groups excluding carboxylic acids is 2. The standard InChI is InChI=1S/C30H36ClF5N4O2/c1-19-18-39(12-11-30(34,35)36)13-14-40(19)25-16-22(31)8-10-24(25)38-29(42)23-9-7-21(27(32)28(23)33)17-37-26(41)15-20-5-3-2-4-6-20/h7-10,16,19-20H,2-6,11-15,17-18H2,1H3,(H,37,41)(H,38,42)/t19-/m1/s1. The lowest BCUT2D eigenvalue weighted by molar-refractivity contribution is -0.138. The van der Waals surface area contributed by atoms with Crippen LogP contribution in [-0.4, -0.2) is 55.1 Å². The smallest absolute Gasteiger partial charge is 0.365 e. The first-order valence-corrected chi connectivity index (χ1v) is 14.7. The summed E-state index contributed by atoms with van der Waals surface area (Å²) in [6.07, 6.45) is 0.576. The van der Waals surface area contributed by atoms with Crippen molar-refractivity contribution in [3.8, 4) is 0 Å². The molecule has 2 aromatic carbocycles. The number of nitrogens with one attached hydrogen (secondary N) is 2. The van der Waals surface area contributed by atoms with Crippen molar-refractivity contribution in [1.29, 1.82) is 0 Å². The topological polar surface area (TPSA) is 64.7 Å². The average molecular weight is 615 g/mol. The Morgan fingerprint density at radius 1 is 1.02 bits per heavy atom. The predicted octanol–water partition coefficient (Wildman–Crippen LogP) is 6.92. The summed E-state index contributed by atoms with van der Waals surface area (Å²) in [4.78, 5) is 29.0. The van der Waals surface area contributed by atoms with Crippen LogP contribution in [0.3, 0.4) is 0 Å². The Morgan fingerprint density at radius 2 is 1.76 bits per heavy atom. The van der Waals surface area contributed by atoms with E-state index >= 15 is 4.39 Å². The van der Waals surface area contributed by atoms with Gasteiger partial charge >= 0.3 is 6.18 Å². The van der Waals surface area contributed by atoms with Crippen molar-refractivity contribution in [1.82, 2.24) is 10.2 Å². The van der Waals surface area contributed by atoms with Crippen molar-refractivity contribution in [3.63, 3.8) is 0 Å². The monoisotopic (exact) mass is 614 g/mol. The van der Waals surface area contributed by atoms with Gasteiger partial charge in [0, 0.05) is 55.8 Å². The number of benzene rings is 2. The summed E-state index contributed by atoms with van der Waals surface area (Å²) >= 11 is 6.22. The number of piperazine rings is 1. The fourth-order valence-electron chi connectivity index (χ4n) is 5.74. The lowest BCUT2D eigenvalue weighted by atomic mass is 9.87. The van der Waals surface area contributed by atoms with Crippen molar-refractivity contribution in [2.45, 2.75) is 70.6 Å². The number of anilines is 2. The Hall–Kier alpha value is -2.92. The SMILES string of the molecule is C[C@@H]1CN(CCC(F)(F)F)CCN1c1cc(Cl)ccc1NC(=O)c1ccc(CNC(=O)CC2CCCCC2)c(F)c1F. The highest BCUT2D eigenvalue weighted by Gasteiger charge is 2.31. The highest BCUT2D eigenvalue weighted by Crippen LogP contribution is 2.33. The van der Waals surface area contributed by atoms with Crippen LogP contribution in [0.25, 0.3) is 0 Å². The van der Waals surface area contributed by atoms with Crippen LogP contribution in [0.4, 0.5) is 33.3 Å². The van der Waals surface area contributed by atoms with Gasteiger partial charge in [0.25, 0.3) is 5.91 Å². The maximum absolute atomic E-state index is 15.0. The van der Waals surface area contributed by atoms with Crippen molar-refractivity contribution in [2.24, 2.45) is 5.92 Å². The summed E-state index contributed by atoms with van der Waals surface area (Å²) in [5.41, 5.74) is 0.261. The molecule has 2 amide bonds. The second kappa shape index (κ2) is 14.0. The van der Waals surface area contributed by atoms with Crippen LogP contribution in [0.2, 0.25) is 5.02 Å². The lowest BCUT2D eigenvalue weighted by Gasteiger charge is -2.42. The van der Waals surface area contributed by atoms with Gasteiger partial charge in [0.1, 0.15) is 0 Å². The Labute approximate surface area is 247 Å². The Balaban J connectivity index is 1.41. The van der Waals surface area contributed by atoms with Gasteiger partial charge in [-0.05, 0) is 49.9 Å². The molecule has 0 bridgehead atoms. The molecule has 1 heterocycles. The van der Waals surface area contributed by atoms with E-state index in [-0.39, 0.29) is 30.6 Å². The van der Waals surface area contributed by atoms with E-state index in [0.29, 0.717) is 48.4 Å². The highest BCUT2D eigenvalue weighted by molar-refractivity contribution is 6.31. The van der Waals surface area contributed by atoms with Crippen molar-refractivity contribution >= 4 is 34.8 Å². The quantitative estimate of drug-likeness (QED) is 0.301. The average Bonchev–Trinajstić information content (AvgIpc) is 2.94. The molecular formula is C30H36ClF5N4O2. The first kappa shape index (κ1) is 32.0. The molecule has 1 atom stereocenters. The van der Waals surface area contributed by atoms with Crippen molar-refractivity contribution in [3.05, 3.63) is 58.1 Å². The van der Waals surface area contributed by atoms with Gasteiger partial charge in [-0.3, -0.25) is 14.5 Å². The van der Waals surface area contributed by atoms with E-state index in [0.717, 1.165) is 25.7 Å². The number of halogens is 6. The van der Waals surface area contributed by atoms with E-state index in [4.69, 9.17) is 11.6 Å². The summed E-state index contributed by atoms with van der Waals surface area (Å²) in [5.74, 6) is -3.31.